The van der Waals surface area contributed by atoms with Crippen LogP contribution in [0.4, 0.5) is 8.78 Å². The van der Waals surface area contributed by atoms with E-state index in [2.05, 4.69) is 15.5 Å². The highest BCUT2D eigenvalue weighted by molar-refractivity contribution is 4.86. The molecule has 1 N–H and O–H groups in total. The van der Waals surface area contributed by atoms with E-state index in [4.69, 9.17) is 14.0 Å². The Morgan fingerprint density at radius 2 is 2.05 bits per heavy atom. The van der Waals surface area contributed by atoms with Gasteiger partial charge in [0.25, 0.3) is 6.43 Å². The van der Waals surface area contributed by atoms with Crippen molar-refractivity contribution >= 4 is 0 Å². The fourth-order valence-electron chi connectivity index (χ4n) is 2.10. The smallest absolute Gasteiger partial charge is 0.261 e. The van der Waals surface area contributed by atoms with Crippen LogP contribution in [-0.2, 0) is 22.3 Å². The van der Waals surface area contributed by atoms with Crippen molar-refractivity contribution in [2.24, 2.45) is 0 Å². The first-order chi connectivity index (χ1) is 10.2. The van der Waals surface area contributed by atoms with Crippen LogP contribution in [0.5, 0.6) is 0 Å². The minimum Gasteiger partial charge on any atom is -0.378 e. The largest absolute Gasteiger partial charge is 0.378 e. The molecule has 1 aromatic heterocycles. The Labute approximate surface area is 122 Å². The summed E-state index contributed by atoms with van der Waals surface area (Å²) in [5, 5.41) is 7.06. The Balaban J connectivity index is 1.59. The van der Waals surface area contributed by atoms with Crippen LogP contribution in [0.25, 0.3) is 0 Å². The number of hydrogen-bond donors (Lipinski definition) is 1. The van der Waals surface area contributed by atoms with Crippen LogP contribution in [0.2, 0.25) is 0 Å². The third kappa shape index (κ3) is 6.45. The molecule has 8 heteroatoms. The van der Waals surface area contributed by atoms with Gasteiger partial charge in [-0.2, -0.15) is 4.98 Å². The number of ether oxygens (including phenoxy) is 2. The van der Waals surface area contributed by atoms with Crippen molar-refractivity contribution < 1.29 is 22.8 Å². The summed E-state index contributed by atoms with van der Waals surface area (Å²) < 4.78 is 39.3. The van der Waals surface area contributed by atoms with Gasteiger partial charge in [0, 0.05) is 6.42 Å². The molecule has 0 aliphatic carbocycles. The number of halogens is 2. The molecule has 0 atom stereocenters. The van der Waals surface area contributed by atoms with Gasteiger partial charge in [-0.3, -0.25) is 0 Å². The molecule has 1 aliphatic rings. The van der Waals surface area contributed by atoms with Crippen LogP contribution >= 0.6 is 0 Å². The minimum atomic E-state index is -2.45. The van der Waals surface area contributed by atoms with Gasteiger partial charge in [-0.15, -0.1) is 0 Å². The first kappa shape index (κ1) is 16.3. The first-order valence-corrected chi connectivity index (χ1v) is 7.23. The second kappa shape index (κ2) is 9.01. The molecule has 2 rings (SSSR count). The van der Waals surface area contributed by atoms with E-state index in [-0.39, 0.29) is 6.61 Å². The average Bonchev–Trinajstić information content (AvgIpc) is 2.92. The molecule has 0 amide bonds. The molecule has 0 aromatic carbocycles. The average molecular weight is 305 g/mol. The highest BCUT2D eigenvalue weighted by Crippen LogP contribution is 2.08. The Morgan fingerprint density at radius 3 is 2.81 bits per heavy atom. The van der Waals surface area contributed by atoms with Crippen molar-refractivity contribution in [2.75, 3.05) is 32.9 Å². The number of nitrogens with one attached hydrogen (secondary N) is 1. The normalized spacial score (nSPS) is 16.7. The molecule has 0 saturated carbocycles. The SMILES string of the molecule is FC(F)COCCc1noc(CCOC2CCNCC2)n1. The van der Waals surface area contributed by atoms with Gasteiger partial charge in [0.15, 0.2) is 5.82 Å². The Kier molecular flexibility index (Phi) is 6.98. The molecule has 0 radical (unpaired) electrons. The van der Waals surface area contributed by atoms with E-state index in [1.165, 1.54) is 0 Å². The number of hydrogen-bond acceptors (Lipinski definition) is 6. The Hall–Kier alpha value is -1.12. The van der Waals surface area contributed by atoms with Crippen LogP contribution in [0.1, 0.15) is 24.6 Å². The molecule has 21 heavy (non-hydrogen) atoms. The van der Waals surface area contributed by atoms with Gasteiger partial charge in [0.1, 0.15) is 6.61 Å². The number of rotatable bonds is 9. The van der Waals surface area contributed by atoms with Gasteiger partial charge in [0.2, 0.25) is 5.89 Å². The second-order valence-electron chi connectivity index (χ2n) is 4.89. The highest BCUT2D eigenvalue weighted by Gasteiger charge is 2.14. The number of alkyl halides is 2. The predicted molar refractivity (Wildman–Crippen MR) is 70.4 cm³/mol. The third-order valence-electron chi connectivity index (χ3n) is 3.18. The topological polar surface area (TPSA) is 69.4 Å². The zero-order chi connectivity index (χ0) is 14.9. The van der Waals surface area contributed by atoms with E-state index in [0.29, 0.717) is 37.3 Å². The maximum Gasteiger partial charge on any atom is 0.261 e. The summed E-state index contributed by atoms with van der Waals surface area (Å²) in [6.45, 7) is 2.14. The lowest BCUT2D eigenvalue weighted by atomic mass is 10.1. The lowest BCUT2D eigenvalue weighted by molar-refractivity contribution is 0.0182. The summed E-state index contributed by atoms with van der Waals surface area (Å²) >= 11 is 0. The zero-order valence-corrected chi connectivity index (χ0v) is 11.9. The molecule has 1 aliphatic heterocycles. The van der Waals surface area contributed by atoms with Gasteiger partial charge in [-0.05, 0) is 25.9 Å². The van der Waals surface area contributed by atoms with E-state index < -0.39 is 13.0 Å². The fourth-order valence-corrected chi connectivity index (χ4v) is 2.10. The van der Waals surface area contributed by atoms with Gasteiger partial charge in [-0.1, -0.05) is 5.16 Å². The number of aromatic nitrogens is 2. The van der Waals surface area contributed by atoms with Gasteiger partial charge >= 0.3 is 0 Å². The third-order valence-corrected chi connectivity index (χ3v) is 3.18. The van der Waals surface area contributed by atoms with E-state index in [1.54, 1.807) is 0 Å². The minimum absolute atomic E-state index is 0.162. The Morgan fingerprint density at radius 1 is 1.24 bits per heavy atom. The monoisotopic (exact) mass is 305 g/mol. The Bertz CT molecular complexity index is 398. The van der Waals surface area contributed by atoms with E-state index in [0.717, 1.165) is 25.9 Å². The highest BCUT2D eigenvalue weighted by atomic mass is 19.3. The second-order valence-corrected chi connectivity index (χ2v) is 4.89. The summed E-state index contributed by atoms with van der Waals surface area (Å²) in [5.41, 5.74) is 0. The fraction of sp³-hybridized carbons (Fsp3) is 0.846. The number of nitrogens with zero attached hydrogens (tertiary/aromatic N) is 2. The lowest BCUT2D eigenvalue weighted by Crippen LogP contribution is -2.32. The van der Waals surface area contributed by atoms with Gasteiger partial charge < -0.3 is 19.3 Å². The van der Waals surface area contributed by atoms with Gasteiger partial charge in [-0.25, -0.2) is 8.78 Å². The molecule has 0 spiro atoms. The maximum atomic E-state index is 11.9. The summed E-state index contributed by atoms with van der Waals surface area (Å²) in [6.07, 6.45) is 0.835. The molecule has 1 aromatic rings. The molecule has 120 valence electrons. The molecule has 0 bridgehead atoms. The van der Waals surface area contributed by atoms with Crippen LogP contribution in [0.15, 0.2) is 4.52 Å². The molecular weight excluding hydrogens is 284 g/mol. The van der Waals surface area contributed by atoms with Crippen molar-refractivity contribution in [3.05, 3.63) is 11.7 Å². The maximum absolute atomic E-state index is 11.9. The number of piperidine rings is 1. The molecular formula is C13H21F2N3O3. The van der Waals surface area contributed by atoms with Crippen LogP contribution in [0.3, 0.4) is 0 Å². The van der Waals surface area contributed by atoms with E-state index in [1.807, 2.05) is 0 Å². The van der Waals surface area contributed by atoms with Crippen molar-refractivity contribution in [1.29, 1.82) is 0 Å². The van der Waals surface area contributed by atoms with Crippen LogP contribution in [-0.4, -0.2) is 55.6 Å². The van der Waals surface area contributed by atoms with Crippen LogP contribution in [0, 0.1) is 0 Å². The summed E-state index contributed by atoms with van der Waals surface area (Å²) in [7, 11) is 0. The molecule has 6 nitrogen and oxygen atoms in total. The van der Waals surface area contributed by atoms with Gasteiger partial charge in [0.05, 0.1) is 25.7 Å². The molecule has 1 saturated heterocycles. The van der Waals surface area contributed by atoms with E-state index in [9.17, 15) is 8.78 Å². The summed E-state index contributed by atoms with van der Waals surface area (Å²) in [5.74, 6) is 0.980. The molecule has 0 unspecified atom stereocenters. The molecule has 1 fully saturated rings. The van der Waals surface area contributed by atoms with E-state index >= 15 is 0 Å². The summed E-state index contributed by atoms with van der Waals surface area (Å²) in [4.78, 5) is 4.17. The standard InChI is InChI=1S/C13H21F2N3O3/c14-11(15)9-19-7-3-12-17-13(21-18-12)4-8-20-10-1-5-16-6-2-10/h10-11,16H,1-9H2. The van der Waals surface area contributed by atoms with Crippen molar-refractivity contribution in [3.8, 4) is 0 Å². The van der Waals surface area contributed by atoms with Crippen molar-refractivity contribution in [3.63, 3.8) is 0 Å². The predicted octanol–water partition coefficient (Wildman–Crippen LogP) is 1.20. The quantitative estimate of drug-likeness (QED) is 0.692. The lowest BCUT2D eigenvalue weighted by Gasteiger charge is -2.22. The van der Waals surface area contributed by atoms with Crippen molar-refractivity contribution in [2.45, 2.75) is 38.2 Å². The summed E-state index contributed by atoms with van der Waals surface area (Å²) in [6, 6.07) is 0. The first-order valence-electron chi connectivity index (χ1n) is 7.23. The van der Waals surface area contributed by atoms with Crippen molar-refractivity contribution in [1.82, 2.24) is 15.5 Å². The zero-order valence-electron chi connectivity index (χ0n) is 11.9. The van der Waals surface area contributed by atoms with Crippen LogP contribution < -0.4 is 5.32 Å². The molecule has 2 heterocycles.